The number of pyridine rings is 1. The Morgan fingerprint density at radius 1 is 1.19 bits per heavy atom. The Labute approximate surface area is 185 Å². The lowest BCUT2D eigenvalue weighted by Gasteiger charge is -2.36. The van der Waals surface area contributed by atoms with Crippen LogP contribution in [0.4, 0.5) is 0 Å². The molecule has 6 nitrogen and oxygen atoms in total. The molecule has 1 fully saturated rings. The van der Waals surface area contributed by atoms with Gasteiger partial charge >= 0.3 is 0 Å². The topological polar surface area (TPSA) is 63.7 Å². The van der Waals surface area contributed by atoms with Crippen LogP contribution in [0.3, 0.4) is 0 Å². The summed E-state index contributed by atoms with van der Waals surface area (Å²) in [5, 5.41) is 3.01. The monoisotopic (exact) mass is 423 g/mol. The highest BCUT2D eigenvalue weighted by Crippen LogP contribution is 2.27. The first-order valence-electron chi connectivity index (χ1n) is 11.4. The SMILES string of the molecule is COC[C@H](C)Oc1ccc(C(=O)NCc2ccc3c(c2)CCN(C2CCC2)CC3)cn1. The van der Waals surface area contributed by atoms with Crippen LogP contribution in [-0.4, -0.2) is 54.7 Å². The van der Waals surface area contributed by atoms with Crippen LogP contribution in [0.15, 0.2) is 36.5 Å². The fourth-order valence-electron chi connectivity index (χ4n) is 4.37. The first-order valence-corrected chi connectivity index (χ1v) is 11.4. The van der Waals surface area contributed by atoms with E-state index in [0.717, 1.165) is 31.0 Å². The number of fused-ring (bicyclic) bond motifs is 1. The van der Waals surface area contributed by atoms with Crippen molar-refractivity contribution in [1.82, 2.24) is 15.2 Å². The highest BCUT2D eigenvalue weighted by atomic mass is 16.5. The van der Waals surface area contributed by atoms with Crippen LogP contribution in [0.5, 0.6) is 5.88 Å². The second-order valence-electron chi connectivity index (χ2n) is 8.68. The number of hydrogen-bond donors (Lipinski definition) is 1. The van der Waals surface area contributed by atoms with E-state index in [0.29, 0.717) is 24.6 Å². The largest absolute Gasteiger partial charge is 0.472 e. The van der Waals surface area contributed by atoms with Gasteiger partial charge in [0.25, 0.3) is 5.91 Å². The number of carbonyl (C=O) groups is 1. The number of methoxy groups -OCH3 is 1. The lowest BCUT2D eigenvalue weighted by Crippen LogP contribution is -2.41. The molecule has 0 saturated heterocycles. The second-order valence-corrected chi connectivity index (χ2v) is 8.68. The molecule has 1 aliphatic carbocycles. The van der Waals surface area contributed by atoms with Crippen molar-refractivity contribution >= 4 is 5.91 Å². The number of benzene rings is 1. The van der Waals surface area contributed by atoms with Crippen LogP contribution in [0.25, 0.3) is 0 Å². The number of amides is 1. The Hall–Kier alpha value is -2.44. The smallest absolute Gasteiger partial charge is 0.253 e. The van der Waals surface area contributed by atoms with E-state index in [9.17, 15) is 4.79 Å². The molecule has 1 N–H and O–H groups in total. The molecule has 1 atom stereocenters. The van der Waals surface area contributed by atoms with Crippen LogP contribution in [0.1, 0.15) is 53.2 Å². The van der Waals surface area contributed by atoms with Crippen molar-refractivity contribution in [2.24, 2.45) is 0 Å². The van der Waals surface area contributed by atoms with Gasteiger partial charge in [-0.15, -0.1) is 0 Å². The molecular weight excluding hydrogens is 390 g/mol. The molecule has 1 aliphatic heterocycles. The second kappa shape index (κ2) is 10.2. The lowest BCUT2D eigenvalue weighted by molar-refractivity contribution is 0.0888. The van der Waals surface area contributed by atoms with Crippen LogP contribution in [0, 0.1) is 0 Å². The van der Waals surface area contributed by atoms with E-state index in [1.807, 2.05) is 6.92 Å². The average molecular weight is 424 g/mol. The maximum Gasteiger partial charge on any atom is 0.253 e. The first kappa shape index (κ1) is 21.8. The van der Waals surface area contributed by atoms with Crippen LogP contribution < -0.4 is 10.1 Å². The molecule has 1 aromatic carbocycles. The highest BCUT2D eigenvalue weighted by Gasteiger charge is 2.26. The number of nitrogens with one attached hydrogen (secondary N) is 1. The van der Waals surface area contributed by atoms with Gasteiger partial charge in [0, 0.05) is 45.0 Å². The van der Waals surface area contributed by atoms with Crippen molar-refractivity contribution in [2.45, 2.75) is 57.7 Å². The molecule has 0 spiro atoms. The molecule has 1 aromatic heterocycles. The molecule has 0 unspecified atom stereocenters. The predicted octanol–water partition coefficient (Wildman–Crippen LogP) is 3.38. The number of hydrogen-bond acceptors (Lipinski definition) is 5. The molecule has 1 amide bonds. The molecular formula is C25H33N3O3. The highest BCUT2D eigenvalue weighted by molar-refractivity contribution is 5.93. The standard InChI is InChI=1S/C25H33N3O3/c1-18(17-30-2)31-24-9-8-22(16-26-24)25(29)27-15-19-6-7-20-10-12-28(23-4-3-5-23)13-11-21(20)14-19/h6-9,14,16,18,23H,3-5,10-13,15,17H2,1-2H3,(H,27,29)/t18-/m0/s1. The van der Waals surface area contributed by atoms with Gasteiger partial charge in [-0.05, 0) is 55.4 Å². The van der Waals surface area contributed by atoms with Crippen molar-refractivity contribution in [2.75, 3.05) is 26.8 Å². The van der Waals surface area contributed by atoms with Crippen molar-refractivity contribution in [3.63, 3.8) is 0 Å². The van der Waals surface area contributed by atoms with E-state index in [1.165, 1.54) is 36.9 Å². The lowest BCUT2D eigenvalue weighted by atomic mass is 9.91. The third-order valence-electron chi connectivity index (χ3n) is 6.37. The molecule has 0 radical (unpaired) electrons. The van der Waals surface area contributed by atoms with Gasteiger partial charge < -0.3 is 14.8 Å². The Morgan fingerprint density at radius 3 is 2.68 bits per heavy atom. The molecule has 2 aromatic rings. The van der Waals surface area contributed by atoms with Crippen molar-refractivity contribution in [1.29, 1.82) is 0 Å². The van der Waals surface area contributed by atoms with Crippen LogP contribution in [-0.2, 0) is 24.1 Å². The van der Waals surface area contributed by atoms with Crippen LogP contribution in [0.2, 0.25) is 0 Å². The summed E-state index contributed by atoms with van der Waals surface area (Å²) in [6, 6.07) is 10.9. The Morgan fingerprint density at radius 2 is 2.00 bits per heavy atom. The number of ether oxygens (including phenoxy) is 2. The predicted molar refractivity (Wildman–Crippen MR) is 120 cm³/mol. The number of rotatable bonds is 8. The maximum atomic E-state index is 12.5. The zero-order valence-electron chi connectivity index (χ0n) is 18.6. The molecule has 2 heterocycles. The quantitative estimate of drug-likeness (QED) is 0.705. The normalized spacial score (nSPS) is 17.9. The third-order valence-corrected chi connectivity index (χ3v) is 6.37. The van der Waals surface area contributed by atoms with Crippen molar-refractivity contribution in [3.8, 4) is 5.88 Å². The Kier molecular flexibility index (Phi) is 7.20. The summed E-state index contributed by atoms with van der Waals surface area (Å²) < 4.78 is 10.7. The van der Waals surface area contributed by atoms with Gasteiger partial charge in [-0.3, -0.25) is 9.69 Å². The minimum Gasteiger partial charge on any atom is -0.472 e. The zero-order valence-corrected chi connectivity index (χ0v) is 18.6. The number of aromatic nitrogens is 1. The van der Waals surface area contributed by atoms with E-state index in [4.69, 9.17) is 9.47 Å². The molecule has 166 valence electrons. The van der Waals surface area contributed by atoms with Gasteiger partial charge in [-0.25, -0.2) is 4.98 Å². The summed E-state index contributed by atoms with van der Waals surface area (Å²) in [7, 11) is 1.63. The van der Waals surface area contributed by atoms with Gasteiger partial charge in [-0.2, -0.15) is 0 Å². The fourth-order valence-corrected chi connectivity index (χ4v) is 4.37. The van der Waals surface area contributed by atoms with E-state index in [2.05, 4.69) is 33.4 Å². The summed E-state index contributed by atoms with van der Waals surface area (Å²) in [5.74, 6) is 0.359. The van der Waals surface area contributed by atoms with Gasteiger partial charge in [0.15, 0.2) is 0 Å². The minimum absolute atomic E-state index is 0.0915. The van der Waals surface area contributed by atoms with Gasteiger partial charge in [0.2, 0.25) is 5.88 Å². The van der Waals surface area contributed by atoms with E-state index in [-0.39, 0.29) is 12.0 Å². The molecule has 1 saturated carbocycles. The average Bonchev–Trinajstić information content (AvgIpc) is 2.94. The maximum absolute atomic E-state index is 12.5. The van der Waals surface area contributed by atoms with Crippen molar-refractivity contribution in [3.05, 3.63) is 58.8 Å². The molecule has 2 aliphatic rings. The first-order chi connectivity index (χ1) is 15.1. The van der Waals surface area contributed by atoms with E-state index >= 15 is 0 Å². The van der Waals surface area contributed by atoms with Gasteiger partial charge in [0.1, 0.15) is 6.10 Å². The van der Waals surface area contributed by atoms with Gasteiger partial charge in [0.05, 0.1) is 12.2 Å². The molecule has 0 bridgehead atoms. The van der Waals surface area contributed by atoms with Crippen LogP contribution >= 0.6 is 0 Å². The van der Waals surface area contributed by atoms with E-state index < -0.39 is 0 Å². The summed E-state index contributed by atoms with van der Waals surface area (Å²) in [4.78, 5) is 19.4. The fraction of sp³-hybridized carbons (Fsp3) is 0.520. The zero-order chi connectivity index (χ0) is 21.6. The number of carbonyl (C=O) groups excluding carboxylic acids is 1. The molecule has 6 heteroatoms. The summed E-state index contributed by atoms with van der Waals surface area (Å²) in [6.45, 7) is 5.24. The number of nitrogens with zero attached hydrogens (tertiary/aromatic N) is 2. The minimum atomic E-state index is -0.130. The molecule has 4 rings (SSSR count). The summed E-state index contributed by atoms with van der Waals surface area (Å²) in [5.41, 5.74) is 4.56. The Bertz CT molecular complexity index is 880. The summed E-state index contributed by atoms with van der Waals surface area (Å²) >= 11 is 0. The molecule has 31 heavy (non-hydrogen) atoms. The van der Waals surface area contributed by atoms with Gasteiger partial charge in [-0.1, -0.05) is 24.6 Å². The van der Waals surface area contributed by atoms with Crippen molar-refractivity contribution < 1.29 is 14.3 Å². The van der Waals surface area contributed by atoms with E-state index in [1.54, 1.807) is 25.4 Å². The third kappa shape index (κ3) is 5.63. The summed E-state index contributed by atoms with van der Waals surface area (Å²) in [6.07, 6.45) is 7.80. The Balaban J connectivity index is 1.30.